The average Bonchev–Trinajstić information content (AvgIpc) is 2.66. The largest absolute Gasteiger partial charge is 0.357 e. The number of carbonyl (C=O) groups excluding carboxylic acids is 1. The summed E-state index contributed by atoms with van der Waals surface area (Å²) in [6.45, 7) is 6.77. The summed E-state index contributed by atoms with van der Waals surface area (Å²) >= 11 is 0. The van der Waals surface area contributed by atoms with E-state index >= 15 is 0 Å². The number of guanidine groups is 1. The van der Waals surface area contributed by atoms with Gasteiger partial charge in [0.1, 0.15) is 5.82 Å². The van der Waals surface area contributed by atoms with Crippen LogP contribution in [0.1, 0.15) is 57.6 Å². The molecule has 2 unspecified atom stereocenters. The highest BCUT2D eigenvalue weighted by Crippen LogP contribution is 2.24. The Labute approximate surface area is 189 Å². The summed E-state index contributed by atoms with van der Waals surface area (Å²) in [7, 11) is 0. The summed E-state index contributed by atoms with van der Waals surface area (Å²) in [5.41, 5.74) is 0.734. The number of benzene rings is 1. The van der Waals surface area contributed by atoms with Crippen molar-refractivity contribution in [1.29, 1.82) is 5.26 Å². The molecule has 0 heterocycles. The van der Waals surface area contributed by atoms with E-state index in [1.807, 2.05) is 26.8 Å². The average molecular weight is 515 g/mol. The molecule has 8 heteroatoms. The number of carbonyl (C=O) groups is 1. The zero-order valence-electron chi connectivity index (χ0n) is 17.3. The maximum atomic E-state index is 14.1. The molecule has 0 spiro atoms. The maximum absolute atomic E-state index is 14.1. The van der Waals surface area contributed by atoms with E-state index in [1.54, 1.807) is 12.1 Å². The Morgan fingerprint density at radius 3 is 2.76 bits per heavy atom. The van der Waals surface area contributed by atoms with Crippen LogP contribution in [0.4, 0.5) is 4.39 Å². The van der Waals surface area contributed by atoms with E-state index in [0.29, 0.717) is 23.6 Å². The molecule has 1 aliphatic rings. The summed E-state index contributed by atoms with van der Waals surface area (Å²) < 4.78 is 14.1. The second-order valence-corrected chi connectivity index (χ2v) is 7.48. The lowest BCUT2D eigenvalue weighted by Gasteiger charge is -2.30. The van der Waals surface area contributed by atoms with E-state index in [1.165, 1.54) is 6.07 Å². The van der Waals surface area contributed by atoms with Gasteiger partial charge in [0.05, 0.1) is 18.2 Å². The SMILES string of the molecule is CCNC(=NCc1ccc(C#N)cc1F)NC1CCCC(C(=O)NC(C)C)C1.I. The van der Waals surface area contributed by atoms with Gasteiger partial charge < -0.3 is 16.0 Å². The van der Waals surface area contributed by atoms with Crippen LogP contribution in [0.3, 0.4) is 0 Å². The molecule has 1 aromatic carbocycles. The summed E-state index contributed by atoms with van der Waals surface area (Å²) in [6, 6.07) is 6.63. The fraction of sp³-hybridized carbons (Fsp3) is 0.571. The van der Waals surface area contributed by atoms with E-state index in [2.05, 4.69) is 20.9 Å². The van der Waals surface area contributed by atoms with Crippen LogP contribution in [-0.4, -0.2) is 30.5 Å². The third-order valence-corrected chi connectivity index (χ3v) is 4.75. The minimum absolute atomic E-state index is 0. The van der Waals surface area contributed by atoms with Gasteiger partial charge in [-0.1, -0.05) is 12.5 Å². The number of aliphatic imine (C=N–C) groups is 1. The molecule has 29 heavy (non-hydrogen) atoms. The molecule has 0 aliphatic heterocycles. The van der Waals surface area contributed by atoms with Gasteiger partial charge >= 0.3 is 0 Å². The first-order valence-corrected chi connectivity index (χ1v) is 9.96. The van der Waals surface area contributed by atoms with E-state index in [4.69, 9.17) is 5.26 Å². The van der Waals surface area contributed by atoms with Crippen molar-refractivity contribution in [2.45, 2.75) is 65.1 Å². The van der Waals surface area contributed by atoms with Crippen molar-refractivity contribution in [2.24, 2.45) is 10.9 Å². The van der Waals surface area contributed by atoms with Crippen molar-refractivity contribution in [3.05, 3.63) is 35.1 Å². The van der Waals surface area contributed by atoms with Crippen molar-refractivity contribution in [2.75, 3.05) is 6.54 Å². The lowest BCUT2D eigenvalue weighted by atomic mass is 9.85. The highest BCUT2D eigenvalue weighted by molar-refractivity contribution is 14.0. The van der Waals surface area contributed by atoms with Gasteiger partial charge in [-0.15, -0.1) is 24.0 Å². The second kappa shape index (κ2) is 12.6. The molecule has 1 fully saturated rings. The normalized spacial score (nSPS) is 19.1. The Balaban J connectivity index is 0.00000420. The molecule has 0 aromatic heterocycles. The Morgan fingerprint density at radius 2 is 2.14 bits per heavy atom. The van der Waals surface area contributed by atoms with Crippen LogP contribution in [0.25, 0.3) is 0 Å². The first-order valence-electron chi connectivity index (χ1n) is 9.96. The lowest BCUT2D eigenvalue weighted by Crippen LogP contribution is -2.47. The lowest BCUT2D eigenvalue weighted by molar-refractivity contribution is -0.126. The van der Waals surface area contributed by atoms with Crippen LogP contribution >= 0.6 is 24.0 Å². The van der Waals surface area contributed by atoms with Crippen molar-refractivity contribution in [3.63, 3.8) is 0 Å². The molecular weight excluding hydrogens is 484 g/mol. The van der Waals surface area contributed by atoms with E-state index in [0.717, 1.165) is 25.7 Å². The van der Waals surface area contributed by atoms with Gasteiger partial charge in [0.2, 0.25) is 5.91 Å². The van der Waals surface area contributed by atoms with Crippen LogP contribution in [0.2, 0.25) is 0 Å². The van der Waals surface area contributed by atoms with Gasteiger partial charge in [-0.2, -0.15) is 5.26 Å². The van der Waals surface area contributed by atoms with Gasteiger partial charge in [-0.25, -0.2) is 9.38 Å². The Morgan fingerprint density at radius 1 is 1.38 bits per heavy atom. The van der Waals surface area contributed by atoms with E-state index < -0.39 is 5.82 Å². The van der Waals surface area contributed by atoms with E-state index in [-0.39, 0.29) is 54.4 Å². The fourth-order valence-corrected chi connectivity index (χ4v) is 3.38. The third-order valence-electron chi connectivity index (χ3n) is 4.75. The Bertz CT molecular complexity index is 747. The summed E-state index contributed by atoms with van der Waals surface area (Å²) in [5, 5.41) is 18.4. The quantitative estimate of drug-likeness (QED) is 0.308. The predicted molar refractivity (Wildman–Crippen MR) is 124 cm³/mol. The van der Waals surface area contributed by atoms with Gasteiger partial charge in [-0.3, -0.25) is 4.79 Å². The monoisotopic (exact) mass is 515 g/mol. The Kier molecular flexibility index (Phi) is 10.9. The van der Waals surface area contributed by atoms with Crippen LogP contribution < -0.4 is 16.0 Å². The molecule has 1 amide bonds. The number of nitrogens with one attached hydrogen (secondary N) is 3. The number of halogens is 2. The number of nitriles is 1. The molecular formula is C21H31FIN5O. The maximum Gasteiger partial charge on any atom is 0.223 e. The molecule has 2 rings (SSSR count). The molecule has 0 radical (unpaired) electrons. The zero-order valence-corrected chi connectivity index (χ0v) is 19.6. The van der Waals surface area contributed by atoms with Crippen molar-refractivity contribution in [1.82, 2.24) is 16.0 Å². The topological polar surface area (TPSA) is 89.3 Å². The fourth-order valence-electron chi connectivity index (χ4n) is 3.38. The van der Waals surface area contributed by atoms with Gasteiger partial charge in [0.25, 0.3) is 0 Å². The molecule has 3 N–H and O–H groups in total. The molecule has 160 valence electrons. The summed E-state index contributed by atoms with van der Waals surface area (Å²) in [6.07, 6.45) is 3.62. The third kappa shape index (κ3) is 8.17. The van der Waals surface area contributed by atoms with Crippen molar-refractivity contribution in [3.8, 4) is 6.07 Å². The highest BCUT2D eigenvalue weighted by atomic mass is 127. The van der Waals surface area contributed by atoms with Crippen molar-refractivity contribution < 1.29 is 9.18 Å². The number of nitrogens with zero attached hydrogens (tertiary/aromatic N) is 2. The van der Waals surface area contributed by atoms with Crippen LogP contribution in [-0.2, 0) is 11.3 Å². The predicted octanol–water partition coefficient (Wildman–Crippen LogP) is 3.45. The minimum atomic E-state index is -0.429. The second-order valence-electron chi connectivity index (χ2n) is 7.48. The van der Waals surface area contributed by atoms with Gasteiger partial charge in [-0.05, 0) is 52.2 Å². The van der Waals surface area contributed by atoms with Gasteiger partial charge in [0, 0.05) is 30.1 Å². The standard InChI is InChI=1S/C21H30FN5O.HI/c1-4-24-21(25-13-17-9-8-15(12-23)10-19(17)22)27-18-7-5-6-16(11-18)20(28)26-14(2)3;/h8-10,14,16,18H,4-7,11,13H2,1-3H3,(H,26,28)(H2,24,25,27);1H. The summed E-state index contributed by atoms with van der Waals surface area (Å²) in [5.74, 6) is 0.304. The van der Waals surface area contributed by atoms with Gasteiger partial charge in [0.15, 0.2) is 5.96 Å². The number of rotatable bonds is 6. The highest BCUT2D eigenvalue weighted by Gasteiger charge is 2.28. The number of amides is 1. The van der Waals surface area contributed by atoms with Crippen LogP contribution in [0, 0.1) is 23.1 Å². The number of hydrogen-bond donors (Lipinski definition) is 3. The number of hydrogen-bond acceptors (Lipinski definition) is 3. The Hall–Kier alpha value is -1.89. The zero-order chi connectivity index (χ0) is 20.5. The van der Waals surface area contributed by atoms with Crippen molar-refractivity contribution >= 4 is 35.8 Å². The first kappa shape index (κ1) is 25.1. The van der Waals surface area contributed by atoms with E-state index in [9.17, 15) is 9.18 Å². The molecule has 1 aliphatic carbocycles. The smallest absolute Gasteiger partial charge is 0.223 e. The molecule has 1 aromatic rings. The molecule has 0 bridgehead atoms. The van der Waals surface area contributed by atoms with Crippen LogP contribution in [0.5, 0.6) is 0 Å². The molecule has 1 saturated carbocycles. The minimum Gasteiger partial charge on any atom is -0.357 e. The summed E-state index contributed by atoms with van der Waals surface area (Å²) in [4.78, 5) is 16.8. The van der Waals surface area contributed by atoms with Crippen LogP contribution in [0.15, 0.2) is 23.2 Å². The molecule has 2 atom stereocenters. The molecule has 0 saturated heterocycles. The first-order chi connectivity index (χ1) is 13.4. The molecule has 6 nitrogen and oxygen atoms in total.